The Hall–Kier alpha value is -2.17. The van der Waals surface area contributed by atoms with Gasteiger partial charge in [-0.25, -0.2) is 4.79 Å². The molecule has 0 aromatic carbocycles. The van der Waals surface area contributed by atoms with E-state index in [1.807, 2.05) is 13.0 Å². The molecule has 0 atom stereocenters. The van der Waals surface area contributed by atoms with Gasteiger partial charge in [0.2, 0.25) is 0 Å². The van der Waals surface area contributed by atoms with Crippen molar-refractivity contribution in [2.75, 3.05) is 0 Å². The van der Waals surface area contributed by atoms with E-state index < -0.39 is 5.97 Å². The van der Waals surface area contributed by atoms with Gasteiger partial charge in [-0.3, -0.25) is 9.67 Å². The van der Waals surface area contributed by atoms with Crippen molar-refractivity contribution in [2.24, 2.45) is 7.05 Å². The van der Waals surface area contributed by atoms with E-state index in [4.69, 9.17) is 5.11 Å². The van der Waals surface area contributed by atoms with Crippen molar-refractivity contribution in [2.45, 2.75) is 6.92 Å². The van der Waals surface area contributed by atoms with E-state index in [-0.39, 0.29) is 5.69 Å². The minimum Gasteiger partial charge on any atom is -0.477 e. The fourth-order valence-corrected chi connectivity index (χ4v) is 1.55. The molecule has 0 aliphatic heterocycles. The average Bonchev–Trinajstić information content (AvgIpc) is 2.61. The summed E-state index contributed by atoms with van der Waals surface area (Å²) in [5, 5.41) is 13.1. The molecule has 0 saturated heterocycles. The van der Waals surface area contributed by atoms with Crippen LogP contribution in [0.1, 0.15) is 16.2 Å². The fraction of sp³-hybridized carbons (Fsp3) is 0.182. The summed E-state index contributed by atoms with van der Waals surface area (Å²) in [7, 11) is 1.61. The molecule has 0 aliphatic rings. The van der Waals surface area contributed by atoms with Crippen LogP contribution in [-0.4, -0.2) is 25.8 Å². The van der Waals surface area contributed by atoms with Gasteiger partial charge in [0.25, 0.3) is 0 Å². The second-order valence-corrected chi connectivity index (χ2v) is 3.48. The molecule has 0 aliphatic carbocycles. The number of aromatic nitrogens is 3. The van der Waals surface area contributed by atoms with Gasteiger partial charge < -0.3 is 5.11 Å². The second kappa shape index (κ2) is 3.77. The molecule has 2 aromatic heterocycles. The Bertz CT molecular complexity index is 546. The number of rotatable bonds is 2. The first-order chi connectivity index (χ1) is 7.59. The van der Waals surface area contributed by atoms with Crippen LogP contribution < -0.4 is 0 Å². The molecular weight excluding hydrogens is 206 g/mol. The van der Waals surface area contributed by atoms with E-state index in [1.54, 1.807) is 25.4 Å². The van der Waals surface area contributed by atoms with Crippen molar-refractivity contribution in [1.82, 2.24) is 14.8 Å². The van der Waals surface area contributed by atoms with Crippen molar-refractivity contribution in [3.05, 3.63) is 35.8 Å². The largest absolute Gasteiger partial charge is 0.477 e. The van der Waals surface area contributed by atoms with Gasteiger partial charge in [0.05, 0.1) is 5.69 Å². The first-order valence-corrected chi connectivity index (χ1v) is 4.79. The zero-order valence-corrected chi connectivity index (χ0v) is 9.01. The number of carboxylic acid groups (broad SMARTS) is 1. The van der Waals surface area contributed by atoms with Crippen LogP contribution in [0.25, 0.3) is 11.3 Å². The standard InChI is InChI=1S/C11H11N3O2/c1-7-8(4-3-5-12-7)9-6-10(11(15)16)14(2)13-9/h3-6H,1-2H3,(H,15,16). The number of carboxylic acids is 1. The highest BCUT2D eigenvalue weighted by molar-refractivity contribution is 5.87. The van der Waals surface area contributed by atoms with E-state index in [0.29, 0.717) is 5.69 Å². The molecule has 5 heteroatoms. The van der Waals surface area contributed by atoms with Gasteiger partial charge >= 0.3 is 5.97 Å². The van der Waals surface area contributed by atoms with Gasteiger partial charge in [0, 0.05) is 24.5 Å². The Labute approximate surface area is 92.4 Å². The van der Waals surface area contributed by atoms with E-state index in [0.717, 1.165) is 11.3 Å². The molecule has 0 spiro atoms. The number of pyridine rings is 1. The van der Waals surface area contributed by atoms with Gasteiger partial charge in [-0.2, -0.15) is 5.10 Å². The van der Waals surface area contributed by atoms with Gasteiger partial charge in [0.15, 0.2) is 0 Å². The predicted octanol–water partition coefficient (Wildman–Crippen LogP) is 1.49. The summed E-state index contributed by atoms with van der Waals surface area (Å²) < 4.78 is 1.35. The van der Waals surface area contributed by atoms with Crippen molar-refractivity contribution >= 4 is 5.97 Å². The van der Waals surface area contributed by atoms with Crippen LogP contribution >= 0.6 is 0 Å². The molecule has 0 fully saturated rings. The highest BCUT2D eigenvalue weighted by Crippen LogP contribution is 2.20. The maximum Gasteiger partial charge on any atom is 0.354 e. The molecule has 0 bridgehead atoms. The first-order valence-electron chi connectivity index (χ1n) is 4.79. The maximum atomic E-state index is 10.9. The molecule has 0 amide bonds. The van der Waals surface area contributed by atoms with E-state index in [1.165, 1.54) is 4.68 Å². The minimum absolute atomic E-state index is 0.165. The summed E-state index contributed by atoms with van der Waals surface area (Å²) in [6.07, 6.45) is 1.69. The van der Waals surface area contributed by atoms with Gasteiger partial charge in [0.1, 0.15) is 5.69 Å². The molecule has 82 valence electrons. The van der Waals surface area contributed by atoms with E-state index in [9.17, 15) is 4.79 Å². The molecule has 16 heavy (non-hydrogen) atoms. The molecule has 5 nitrogen and oxygen atoms in total. The SMILES string of the molecule is Cc1ncccc1-c1cc(C(=O)O)n(C)n1. The van der Waals surface area contributed by atoms with Crippen LogP contribution in [0.5, 0.6) is 0 Å². The smallest absolute Gasteiger partial charge is 0.354 e. The Morgan fingerprint density at radius 1 is 1.50 bits per heavy atom. The third-order valence-corrected chi connectivity index (χ3v) is 2.38. The van der Waals surface area contributed by atoms with Crippen LogP contribution in [0.2, 0.25) is 0 Å². The summed E-state index contributed by atoms with van der Waals surface area (Å²) in [6.45, 7) is 1.87. The lowest BCUT2D eigenvalue weighted by molar-refractivity contribution is 0.0685. The van der Waals surface area contributed by atoms with Crippen LogP contribution in [-0.2, 0) is 7.05 Å². The topological polar surface area (TPSA) is 68.0 Å². The monoisotopic (exact) mass is 217 g/mol. The minimum atomic E-state index is -0.984. The van der Waals surface area contributed by atoms with Crippen molar-refractivity contribution in [3.8, 4) is 11.3 Å². The van der Waals surface area contributed by atoms with Crippen molar-refractivity contribution in [3.63, 3.8) is 0 Å². The predicted molar refractivity (Wildman–Crippen MR) is 58.1 cm³/mol. The van der Waals surface area contributed by atoms with Crippen LogP contribution in [0.3, 0.4) is 0 Å². The summed E-state index contributed by atoms with van der Waals surface area (Å²) in [6, 6.07) is 5.22. The van der Waals surface area contributed by atoms with Crippen LogP contribution in [0.15, 0.2) is 24.4 Å². The lowest BCUT2D eigenvalue weighted by atomic mass is 10.1. The zero-order chi connectivity index (χ0) is 11.7. The van der Waals surface area contributed by atoms with Crippen molar-refractivity contribution < 1.29 is 9.90 Å². The summed E-state index contributed by atoms with van der Waals surface area (Å²) >= 11 is 0. The molecule has 2 heterocycles. The fourth-order valence-electron chi connectivity index (χ4n) is 1.55. The molecular formula is C11H11N3O2. The summed E-state index contributed by atoms with van der Waals surface area (Å²) in [4.78, 5) is 15.0. The normalized spacial score (nSPS) is 10.4. The van der Waals surface area contributed by atoms with E-state index in [2.05, 4.69) is 10.1 Å². The maximum absolute atomic E-state index is 10.9. The van der Waals surface area contributed by atoms with E-state index >= 15 is 0 Å². The summed E-state index contributed by atoms with van der Waals surface area (Å²) in [5.74, 6) is -0.984. The zero-order valence-electron chi connectivity index (χ0n) is 9.01. The number of carbonyl (C=O) groups is 1. The average molecular weight is 217 g/mol. The van der Waals surface area contributed by atoms with Crippen LogP contribution in [0, 0.1) is 6.92 Å². The Morgan fingerprint density at radius 3 is 2.81 bits per heavy atom. The highest BCUT2D eigenvalue weighted by atomic mass is 16.4. The quantitative estimate of drug-likeness (QED) is 0.827. The highest BCUT2D eigenvalue weighted by Gasteiger charge is 2.13. The number of hydrogen-bond donors (Lipinski definition) is 1. The molecule has 2 aromatic rings. The lowest BCUT2D eigenvalue weighted by Gasteiger charge is -1.99. The second-order valence-electron chi connectivity index (χ2n) is 3.48. The molecule has 0 radical (unpaired) electrons. The Morgan fingerprint density at radius 2 is 2.25 bits per heavy atom. The lowest BCUT2D eigenvalue weighted by Crippen LogP contribution is -2.04. The third-order valence-electron chi connectivity index (χ3n) is 2.38. The van der Waals surface area contributed by atoms with Gasteiger partial charge in [-0.1, -0.05) is 0 Å². The van der Waals surface area contributed by atoms with Crippen molar-refractivity contribution in [1.29, 1.82) is 0 Å². The van der Waals surface area contributed by atoms with Gasteiger partial charge in [-0.15, -0.1) is 0 Å². The van der Waals surface area contributed by atoms with Crippen LogP contribution in [0.4, 0.5) is 0 Å². The van der Waals surface area contributed by atoms with Gasteiger partial charge in [-0.05, 0) is 25.1 Å². The molecule has 1 N–H and O–H groups in total. The molecule has 0 saturated carbocycles. The first kappa shape index (κ1) is 10.4. The Kier molecular flexibility index (Phi) is 2.44. The number of aromatic carboxylic acids is 1. The Balaban J connectivity index is 2.54. The molecule has 2 rings (SSSR count). The number of hydrogen-bond acceptors (Lipinski definition) is 3. The molecule has 0 unspecified atom stereocenters. The number of nitrogens with zero attached hydrogens (tertiary/aromatic N) is 3. The summed E-state index contributed by atoms with van der Waals surface area (Å²) in [5.41, 5.74) is 2.48. The third kappa shape index (κ3) is 1.67. The number of aryl methyl sites for hydroxylation is 2.